The molecule has 3 nitrogen and oxygen atoms in total. The van der Waals surface area contributed by atoms with Crippen LogP contribution in [0.1, 0.15) is 11.3 Å². The second kappa shape index (κ2) is 5.25. The highest BCUT2D eigenvalue weighted by Gasteiger charge is 2.23. The van der Waals surface area contributed by atoms with Crippen molar-refractivity contribution in [2.75, 3.05) is 5.32 Å². The predicted octanol–water partition coefficient (Wildman–Crippen LogP) is 4.58. The van der Waals surface area contributed by atoms with Crippen LogP contribution in [0.4, 0.5) is 10.1 Å². The van der Waals surface area contributed by atoms with E-state index in [4.69, 9.17) is 4.42 Å². The third kappa shape index (κ3) is 2.44. The van der Waals surface area contributed by atoms with Crippen LogP contribution < -0.4 is 5.32 Å². The summed E-state index contributed by atoms with van der Waals surface area (Å²) in [7, 11) is 0. The van der Waals surface area contributed by atoms with Gasteiger partial charge in [-0.1, -0.05) is 18.2 Å². The maximum atomic E-state index is 13.0. The van der Waals surface area contributed by atoms with Crippen LogP contribution in [0, 0.1) is 5.82 Å². The van der Waals surface area contributed by atoms with Crippen molar-refractivity contribution < 1.29 is 13.6 Å². The van der Waals surface area contributed by atoms with Crippen molar-refractivity contribution in [1.29, 1.82) is 0 Å². The third-order valence-electron chi connectivity index (χ3n) is 3.75. The molecule has 112 valence electrons. The van der Waals surface area contributed by atoms with Crippen LogP contribution in [-0.4, -0.2) is 5.91 Å². The number of nitrogens with one attached hydrogen (secondary N) is 1. The molecule has 2 heterocycles. The Balaban J connectivity index is 1.70. The number of rotatable bonds is 2. The van der Waals surface area contributed by atoms with E-state index in [1.807, 2.05) is 24.3 Å². The molecule has 2 aromatic carbocycles. The van der Waals surface area contributed by atoms with Crippen molar-refractivity contribution in [3.63, 3.8) is 0 Å². The highest BCUT2D eigenvalue weighted by Crippen LogP contribution is 2.33. The van der Waals surface area contributed by atoms with Gasteiger partial charge in [0, 0.05) is 16.8 Å². The zero-order valence-corrected chi connectivity index (χ0v) is 12.0. The zero-order chi connectivity index (χ0) is 15.8. The van der Waals surface area contributed by atoms with Crippen molar-refractivity contribution in [3.8, 4) is 11.3 Å². The van der Waals surface area contributed by atoms with E-state index >= 15 is 0 Å². The number of anilines is 1. The fourth-order valence-corrected chi connectivity index (χ4v) is 2.62. The van der Waals surface area contributed by atoms with Gasteiger partial charge in [-0.3, -0.25) is 4.79 Å². The summed E-state index contributed by atoms with van der Waals surface area (Å²) in [6.07, 6.45) is 1.72. The Morgan fingerprint density at radius 2 is 1.74 bits per heavy atom. The van der Waals surface area contributed by atoms with Crippen LogP contribution in [-0.2, 0) is 4.79 Å². The first-order chi connectivity index (χ1) is 11.2. The number of carbonyl (C=O) groups excluding carboxylic acids is 1. The number of hydrogen-bond acceptors (Lipinski definition) is 2. The van der Waals surface area contributed by atoms with Gasteiger partial charge in [-0.05, 0) is 48.5 Å². The summed E-state index contributed by atoms with van der Waals surface area (Å²) in [5.41, 5.74) is 3.01. The lowest BCUT2D eigenvalue weighted by atomic mass is 10.1. The predicted molar refractivity (Wildman–Crippen MR) is 87.0 cm³/mol. The summed E-state index contributed by atoms with van der Waals surface area (Å²) in [5, 5.41) is 2.82. The number of fused-ring (bicyclic) bond motifs is 1. The van der Waals surface area contributed by atoms with Gasteiger partial charge in [-0.25, -0.2) is 4.39 Å². The Labute approximate surface area is 132 Å². The summed E-state index contributed by atoms with van der Waals surface area (Å²) in [6.45, 7) is 0. The van der Waals surface area contributed by atoms with Crippen molar-refractivity contribution in [1.82, 2.24) is 0 Å². The van der Waals surface area contributed by atoms with Gasteiger partial charge < -0.3 is 9.73 Å². The molecule has 3 aromatic rings. The maximum Gasteiger partial charge on any atom is 0.256 e. The largest absolute Gasteiger partial charge is 0.457 e. The molecule has 0 aliphatic carbocycles. The lowest BCUT2D eigenvalue weighted by Gasteiger charge is -1.97. The molecule has 4 heteroatoms. The first-order valence-corrected chi connectivity index (χ1v) is 7.19. The molecule has 1 aromatic heterocycles. The van der Waals surface area contributed by atoms with Crippen LogP contribution in [0.15, 0.2) is 65.1 Å². The number of benzene rings is 2. The Morgan fingerprint density at radius 1 is 0.957 bits per heavy atom. The normalized spacial score (nSPS) is 14.8. The molecule has 1 aliphatic heterocycles. The monoisotopic (exact) mass is 305 g/mol. The molecule has 23 heavy (non-hydrogen) atoms. The molecule has 0 saturated heterocycles. The number of carbonyl (C=O) groups is 1. The number of halogens is 1. The smallest absolute Gasteiger partial charge is 0.256 e. The molecule has 0 unspecified atom stereocenters. The van der Waals surface area contributed by atoms with Crippen molar-refractivity contribution >= 4 is 23.2 Å². The van der Waals surface area contributed by atoms with E-state index in [0.717, 1.165) is 16.8 Å². The molecule has 0 bridgehead atoms. The van der Waals surface area contributed by atoms with Gasteiger partial charge in [-0.2, -0.15) is 0 Å². The lowest BCUT2D eigenvalue weighted by molar-refractivity contribution is -0.110. The summed E-state index contributed by atoms with van der Waals surface area (Å²) in [5.74, 6) is 0.766. The highest BCUT2D eigenvalue weighted by molar-refractivity contribution is 6.34. The molecule has 1 N–H and O–H groups in total. The minimum atomic E-state index is -0.290. The summed E-state index contributed by atoms with van der Waals surface area (Å²) in [6, 6.07) is 17.2. The minimum Gasteiger partial charge on any atom is -0.457 e. The highest BCUT2D eigenvalue weighted by atomic mass is 19.1. The standard InChI is InChI=1S/C19H12FNO2/c20-13-7-5-12(6-8-13)18-10-9-14(23-18)11-16-15-3-1-2-4-17(15)21-19(16)22/h1-11H,(H,21,22)/b16-11+. The fourth-order valence-electron chi connectivity index (χ4n) is 2.62. The number of furan rings is 1. The SMILES string of the molecule is O=C1Nc2ccccc2/C1=C\c1ccc(-c2ccc(F)cc2)o1. The van der Waals surface area contributed by atoms with Gasteiger partial charge in [-0.15, -0.1) is 0 Å². The number of hydrogen-bond donors (Lipinski definition) is 1. The second-order valence-electron chi connectivity index (χ2n) is 5.27. The molecule has 1 aliphatic rings. The third-order valence-corrected chi connectivity index (χ3v) is 3.75. The summed E-state index contributed by atoms with van der Waals surface area (Å²) >= 11 is 0. The quantitative estimate of drug-likeness (QED) is 0.704. The Morgan fingerprint density at radius 3 is 2.57 bits per heavy atom. The van der Waals surface area contributed by atoms with Crippen LogP contribution in [0.3, 0.4) is 0 Å². The average Bonchev–Trinajstić information content (AvgIpc) is 3.14. The van der Waals surface area contributed by atoms with Gasteiger partial charge in [0.15, 0.2) is 0 Å². The van der Waals surface area contributed by atoms with E-state index in [1.165, 1.54) is 12.1 Å². The molecule has 0 spiro atoms. The fraction of sp³-hybridized carbons (Fsp3) is 0. The van der Waals surface area contributed by atoms with Crippen molar-refractivity contribution in [3.05, 3.63) is 77.8 Å². The summed E-state index contributed by atoms with van der Waals surface area (Å²) < 4.78 is 18.7. The Kier molecular flexibility index (Phi) is 3.08. The molecular formula is C19H12FNO2. The second-order valence-corrected chi connectivity index (χ2v) is 5.27. The first kappa shape index (κ1) is 13.5. The number of amides is 1. The molecular weight excluding hydrogens is 293 g/mol. The molecule has 1 amide bonds. The summed E-state index contributed by atoms with van der Waals surface area (Å²) in [4.78, 5) is 12.1. The van der Waals surface area contributed by atoms with Crippen LogP contribution >= 0.6 is 0 Å². The zero-order valence-electron chi connectivity index (χ0n) is 12.0. The van der Waals surface area contributed by atoms with E-state index in [9.17, 15) is 9.18 Å². The topological polar surface area (TPSA) is 42.2 Å². The van der Waals surface area contributed by atoms with Gasteiger partial charge in [0.25, 0.3) is 5.91 Å². The van der Waals surface area contributed by atoms with E-state index in [1.54, 1.807) is 30.3 Å². The maximum absolute atomic E-state index is 13.0. The minimum absolute atomic E-state index is 0.147. The van der Waals surface area contributed by atoms with E-state index < -0.39 is 0 Å². The van der Waals surface area contributed by atoms with Crippen molar-refractivity contribution in [2.24, 2.45) is 0 Å². The Bertz CT molecular complexity index is 923. The van der Waals surface area contributed by atoms with Crippen LogP contribution in [0.25, 0.3) is 23.0 Å². The van der Waals surface area contributed by atoms with E-state index in [0.29, 0.717) is 17.1 Å². The molecule has 0 saturated carbocycles. The van der Waals surface area contributed by atoms with Crippen LogP contribution in [0.5, 0.6) is 0 Å². The van der Waals surface area contributed by atoms with E-state index in [2.05, 4.69) is 5.32 Å². The Hall–Kier alpha value is -3.14. The average molecular weight is 305 g/mol. The molecule has 0 atom stereocenters. The van der Waals surface area contributed by atoms with Gasteiger partial charge in [0.2, 0.25) is 0 Å². The molecule has 0 radical (unpaired) electrons. The first-order valence-electron chi connectivity index (χ1n) is 7.19. The van der Waals surface area contributed by atoms with Gasteiger partial charge in [0.05, 0.1) is 5.57 Å². The number of para-hydroxylation sites is 1. The molecule has 4 rings (SSSR count). The van der Waals surface area contributed by atoms with Crippen molar-refractivity contribution in [2.45, 2.75) is 0 Å². The van der Waals surface area contributed by atoms with E-state index in [-0.39, 0.29) is 11.7 Å². The van der Waals surface area contributed by atoms with Gasteiger partial charge >= 0.3 is 0 Å². The lowest BCUT2D eigenvalue weighted by Crippen LogP contribution is -2.03. The molecule has 0 fully saturated rings. The van der Waals surface area contributed by atoms with Gasteiger partial charge in [0.1, 0.15) is 17.3 Å². The van der Waals surface area contributed by atoms with Crippen LogP contribution in [0.2, 0.25) is 0 Å².